The van der Waals surface area contributed by atoms with Crippen LogP contribution >= 0.6 is 11.8 Å². The summed E-state index contributed by atoms with van der Waals surface area (Å²) in [4.78, 5) is 24.8. The van der Waals surface area contributed by atoms with Crippen LogP contribution in [-0.4, -0.2) is 39.4 Å². The molecule has 0 aliphatic heterocycles. The molecule has 2 amide bonds. The van der Waals surface area contributed by atoms with E-state index in [-0.39, 0.29) is 23.6 Å². The fourth-order valence-electron chi connectivity index (χ4n) is 2.96. The van der Waals surface area contributed by atoms with Crippen LogP contribution in [0.15, 0.2) is 72.4 Å². The highest BCUT2D eigenvalue weighted by Crippen LogP contribution is 2.22. The first-order valence-electron chi connectivity index (χ1n) is 9.98. The first kappa shape index (κ1) is 23.1. The number of anilines is 1. The quantitative estimate of drug-likeness (QED) is 0.360. The summed E-state index contributed by atoms with van der Waals surface area (Å²) in [5.74, 6) is 1.11. The highest BCUT2D eigenvalue weighted by atomic mass is 32.2. The van der Waals surface area contributed by atoms with Gasteiger partial charge in [-0.25, -0.2) is 0 Å². The molecule has 0 unspecified atom stereocenters. The number of thioether (sulfide) groups is 1. The Labute approximate surface area is 191 Å². The van der Waals surface area contributed by atoms with Gasteiger partial charge in [0, 0.05) is 17.8 Å². The number of ether oxygens (including phenoxy) is 1. The van der Waals surface area contributed by atoms with Crippen LogP contribution in [0.25, 0.3) is 0 Å². The lowest BCUT2D eigenvalue weighted by Gasteiger charge is -2.15. The molecule has 0 bridgehead atoms. The second-order valence-electron chi connectivity index (χ2n) is 6.87. The molecule has 0 saturated heterocycles. The van der Waals surface area contributed by atoms with Crippen LogP contribution in [0.5, 0.6) is 5.75 Å². The molecule has 0 saturated carbocycles. The van der Waals surface area contributed by atoms with E-state index in [1.165, 1.54) is 11.8 Å². The van der Waals surface area contributed by atoms with Crippen molar-refractivity contribution in [1.82, 2.24) is 20.1 Å². The number of methoxy groups -OCH3 is 1. The van der Waals surface area contributed by atoms with E-state index in [9.17, 15) is 9.59 Å². The van der Waals surface area contributed by atoms with E-state index in [0.717, 1.165) is 5.75 Å². The number of carbonyl (C=O) groups is 2. The number of carbonyl (C=O) groups excluding carboxylic acids is 2. The van der Waals surface area contributed by atoms with Gasteiger partial charge in [0.25, 0.3) is 5.91 Å². The third kappa shape index (κ3) is 5.98. The smallest absolute Gasteiger partial charge is 0.251 e. The Balaban J connectivity index is 1.63. The molecule has 1 aromatic heterocycles. The molecule has 2 N–H and O–H groups in total. The molecule has 8 nitrogen and oxygen atoms in total. The molecule has 0 fully saturated rings. The molecule has 3 rings (SSSR count). The number of hydrogen-bond donors (Lipinski definition) is 2. The maximum atomic E-state index is 12.5. The van der Waals surface area contributed by atoms with E-state index >= 15 is 0 Å². The monoisotopic (exact) mass is 451 g/mol. The predicted octanol–water partition coefficient (Wildman–Crippen LogP) is 3.69. The summed E-state index contributed by atoms with van der Waals surface area (Å²) in [6.45, 7) is 6.09. The fraction of sp³-hybridized carbons (Fsp3) is 0.217. The molecule has 3 aromatic rings. The van der Waals surface area contributed by atoms with Crippen LogP contribution in [0.4, 0.5) is 5.69 Å². The van der Waals surface area contributed by atoms with Crippen LogP contribution in [0.2, 0.25) is 0 Å². The maximum Gasteiger partial charge on any atom is 0.251 e. The first-order chi connectivity index (χ1) is 15.5. The average molecular weight is 452 g/mol. The minimum absolute atomic E-state index is 0.159. The number of amides is 2. The molecular weight excluding hydrogens is 426 g/mol. The lowest BCUT2D eigenvalue weighted by atomic mass is 10.2. The second-order valence-corrected chi connectivity index (χ2v) is 7.81. The summed E-state index contributed by atoms with van der Waals surface area (Å²) in [6, 6.07) is 15.7. The fourth-order valence-corrected chi connectivity index (χ4v) is 3.72. The lowest BCUT2D eigenvalue weighted by Crippen LogP contribution is -2.28. The molecule has 1 heterocycles. The molecule has 2 aromatic carbocycles. The minimum atomic E-state index is -0.377. The zero-order valence-electron chi connectivity index (χ0n) is 17.9. The molecular formula is C23H25N5O3S. The topological polar surface area (TPSA) is 98.1 Å². The number of rotatable bonds is 10. The van der Waals surface area contributed by atoms with E-state index in [2.05, 4.69) is 27.4 Å². The van der Waals surface area contributed by atoms with Gasteiger partial charge in [-0.15, -0.1) is 16.8 Å². The Morgan fingerprint density at radius 3 is 2.53 bits per heavy atom. The van der Waals surface area contributed by atoms with Crippen molar-refractivity contribution in [3.05, 3.63) is 78.6 Å². The van der Waals surface area contributed by atoms with Gasteiger partial charge in [-0.1, -0.05) is 36.0 Å². The standard InChI is InChI=1S/C23H25N5O3S/c1-4-14-28-21(16(2)24-22(30)17-8-6-5-7-9-17)26-27-23(28)32-15-20(29)25-18-10-12-19(31-3)13-11-18/h4-13,16H,1,14-15H2,2-3H3,(H,24,30)(H,25,29)/t16-/m1/s1. The van der Waals surface area contributed by atoms with Crippen molar-refractivity contribution in [3.8, 4) is 5.75 Å². The number of nitrogens with zero attached hydrogens (tertiary/aromatic N) is 3. The van der Waals surface area contributed by atoms with Crippen LogP contribution in [-0.2, 0) is 11.3 Å². The summed E-state index contributed by atoms with van der Waals surface area (Å²) < 4.78 is 6.96. The number of aromatic nitrogens is 3. The highest BCUT2D eigenvalue weighted by Gasteiger charge is 2.20. The third-order valence-electron chi connectivity index (χ3n) is 4.53. The van der Waals surface area contributed by atoms with Crippen molar-refractivity contribution in [3.63, 3.8) is 0 Å². The Bertz CT molecular complexity index is 1070. The summed E-state index contributed by atoms with van der Waals surface area (Å²) in [7, 11) is 1.59. The van der Waals surface area contributed by atoms with Gasteiger partial charge in [0.05, 0.1) is 18.9 Å². The van der Waals surface area contributed by atoms with Gasteiger partial charge in [0.2, 0.25) is 5.91 Å². The van der Waals surface area contributed by atoms with Crippen molar-refractivity contribution in [2.75, 3.05) is 18.2 Å². The number of allylic oxidation sites excluding steroid dienone is 1. The van der Waals surface area contributed by atoms with Crippen LogP contribution in [0, 0.1) is 0 Å². The maximum absolute atomic E-state index is 12.5. The molecule has 166 valence electrons. The van der Waals surface area contributed by atoms with Gasteiger partial charge in [0.1, 0.15) is 5.75 Å². The molecule has 0 aliphatic carbocycles. The SMILES string of the molecule is C=CCn1c(SCC(=O)Nc2ccc(OC)cc2)nnc1[C@@H](C)NC(=O)c1ccccc1. The number of hydrogen-bond acceptors (Lipinski definition) is 6. The van der Waals surface area contributed by atoms with E-state index in [4.69, 9.17) is 4.74 Å². The Kier molecular flexibility index (Phi) is 8.04. The summed E-state index contributed by atoms with van der Waals surface area (Å²) in [5.41, 5.74) is 1.25. The van der Waals surface area contributed by atoms with Crippen molar-refractivity contribution in [2.24, 2.45) is 0 Å². The zero-order chi connectivity index (χ0) is 22.9. The summed E-state index contributed by atoms with van der Waals surface area (Å²) in [6.07, 6.45) is 1.72. The molecule has 9 heteroatoms. The third-order valence-corrected chi connectivity index (χ3v) is 5.50. The van der Waals surface area contributed by atoms with Crippen LogP contribution < -0.4 is 15.4 Å². The van der Waals surface area contributed by atoms with Gasteiger partial charge in [0.15, 0.2) is 11.0 Å². The van der Waals surface area contributed by atoms with Crippen molar-refractivity contribution in [2.45, 2.75) is 24.7 Å². The molecule has 32 heavy (non-hydrogen) atoms. The highest BCUT2D eigenvalue weighted by molar-refractivity contribution is 7.99. The van der Waals surface area contributed by atoms with Gasteiger partial charge in [-0.3, -0.25) is 9.59 Å². The van der Waals surface area contributed by atoms with Crippen molar-refractivity contribution < 1.29 is 14.3 Å². The number of benzene rings is 2. The molecule has 1 atom stereocenters. The molecule has 0 radical (unpaired) electrons. The van der Waals surface area contributed by atoms with Gasteiger partial charge < -0.3 is 19.9 Å². The average Bonchev–Trinajstić information content (AvgIpc) is 3.21. The Morgan fingerprint density at radius 2 is 1.88 bits per heavy atom. The largest absolute Gasteiger partial charge is 0.497 e. The van der Waals surface area contributed by atoms with Gasteiger partial charge in [-0.05, 0) is 43.3 Å². The van der Waals surface area contributed by atoms with Crippen molar-refractivity contribution in [1.29, 1.82) is 0 Å². The Hall–Kier alpha value is -3.59. The summed E-state index contributed by atoms with van der Waals surface area (Å²) in [5, 5.41) is 14.8. The summed E-state index contributed by atoms with van der Waals surface area (Å²) >= 11 is 1.27. The lowest BCUT2D eigenvalue weighted by molar-refractivity contribution is -0.113. The predicted molar refractivity (Wildman–Crippen MR) is 125 cm³/mol. The zero-order valence-corrected chi connectivity index (χ0v) is 18.8. The Morgan fingerprint density at radius 1 is 1.16 bits per heavy atom. The van der Waals surface area contributed by atoms with Crippen LogP contribution in [0.1, 0.15) is 29.1 Å². The van der Waals surface area contributed by atoms with Crippen LogP contribution in [0.3, 0.4) is 0 Å². The second kappa shape index (κ2) is 11.1. The van der Waals surface area contributed by atoms with Crippen molar-refractivity contribution >= 4 is 29.3 Å². The van der Waals surface area contributed by atoms with E-state index in [1.54, 1.807) is 49.6 Å². The number of nitrogens with one attached hydrogen (secondary N) is 2. The van der Waals surface area contributed by atoms with E-state index in [1.807, 2.05) is 29.7 Å². The normalized spacial score (nSPS) is 11.4. The first-order valence-corrected chi connectivity index (χ1v) is 11.0. The molecule has 0 spiro atoms. The van der Waals surface area contributed by atoms with E-state index in [0.29, 0.717) is 28.8 Å². The minimum Gasteiger partial charge on any atom is -0.497 e. The molecule has 0 aliphatic rings. The van der Waals surface area contributed by atoms with E-state index < -0.39 is 0 Å². The van der Waals surface area contributed by atoms with Gasteiger partial charge >= 0.3 is 0 Å². The van der Waals surface area contributed by atoms with Gasteiger partial charge in [-0.2, -0.15) is 0 Å².